The highest BCUT2D eigenvalue weighted by Gasteiger charge is 2.42. The third-order valence-corrected chi connectivity index (χ3v) is 5.74. The molecule has 2 aliphatic heterocycles. The fraction of sp³-hybridized carbons (Fsp3) is 0.526. The lowest BCUT2D eigenvalue weighted by Crippen LogP contribution is -2.54. The molecule has 2 saturated heterocycles. The monoisotopic (exact) mass is 426 g/mol. The fourth-order valence-corrected chi connectivity index (χ4v) is 3.91. The summed E-state index contributed by atoms with van der Waals surface area (Å²) in [5, 5.41) is 4.74. The smallest absolute Gasteiger partial charge is 0.322 e. The van der Waals surface area contributed by atoms with Crippen molar-refractivity contribution in [1.82, 2.24) is 15.5 Å². The highest BCUT2D eigenvalue weighted by Crippen LogP contribution is 2.33. The first-order chi connectivity index (χ1) is 13.6. The third kappa shape index (κ3) is 4.24. The van der Waals surface area contributed by atoms with Crippen LogP contribution in [0.1, 0.15) is 26.7 Å². The first-order valence-corrected chi connectivity index (χ1v) is 9.73. The SMILES string of the molecule is COc1cc(N2CCN(C(=O)CCC3(C)NC(=O)NC3=O)C[C@@H]2C)cc(Cl)c1F. The van der Waals surface area contributed by atoms with Gasteiger partial charge in [0.15, 0.2) is 11.6 Å². The van der Waals surface area contributed by atoms with Crippen LogP contribution in [0, 0.1) is 5.82 Å². The Bertz CT molecular complexity index is 852. The zero-order chi connectivity index (χ0) is 21.3. The summed E-state index contributed by atoms with van der Waals surface area (Å²) in [6, 6.07) is 2.58. The number of ether oxygens (including phenoxy) is 1. The summed E-state index contributed by atoms with van der Waals surface area (Å²) in [6.07, 6.45) is 0.371. The number of benzene rings is 1. The van der Waals surface area contributed by atoms with Crippen LogP contribution < -0.4 is 20.3 Å². The van der Waals surface area contributed by atoms with Gasteiger partial charge in [-0.2, -0.15) is 0 Å². The standard InChI is InChI=1S/C19H24ClFN4O4/c1-11-10-24(15(26)4-5-19(2)17(27)22-18(28)23-19)6-7-25(11)12-8-13(20)16(21)14(9-12)29-3/h8-9,11H,4-7,10H2,1-3H3,(H2,22,23,27,28)/t11-,19?/m0/s1. The second-order valence-corrected chi connectivity index (χ2v) is 7.97. The molecule has 2 fully saturated rings. The van der Waals surface area contributed by atoms with Crippen molar-refractivity contribution in [2.75, 3.05) is 31.6 Å². The molecule has 2 N–H and O–H groups in total. The molecule has 0 aliphatic carbocycles. The molecule has 0 saturated carbocycles. The molecule has 4 amide bonds. The van der Waals surface area contributed by atoms with Crippen molar-refractivity contribution >= 4 is 35.1 Å². The van der Waals surface area contributed by atoms with Crippen LogP contribution in [0.25, 0.3) is 0 Å². The lowest BCUT2D eigenvalue weighted by molar-refractivity contribution is -0.132. The van der Waals surface area contributed by atoms with Crippen molar-refractivity contribution in [2.45, 2.75) is 38.3 Å². The quantitative estimate of drug-likeness (QED) is 0.702. The van der Waals surface area contributed by atoms with Crippen LogP contribution in [0.5, 0.6) is 5.75 Å². The van der Waals surface area contributed by atoms with Gasteiger partial charge in [-0.05, 0) is 26.3 Å². The van der Waals surface area contributed by atoms with Gasteiger partial charge in [0, 0.05) is 43.9 Å². The Hall–Kier alpha value is -2.55. The molecule has 0 bridgehead atoms. The minimum Gasteiger partial charge on any atom is -0.494 e. The number of halogens is 2. The summed E-state index contributed by atoms with van der Waals surface area (Å²) in [7, 11) is 1.38. The molecule has 1 aromatic rings. The van der Waals surface area contributed by atoms with E-state index < -0.39 is 23.3 Å². The Morgan fingerprint density at radius 2 is 2.10 bits per heavy atom. The summed E-state index contributed by atoms with van der Waals surface area (Å²) in [5.74, 6) is -1.03. The number of carbonyl (C=O) groups is 3. The van der Waals surface area contributed by atoms with E-state index in [1.54, 1.807) is 24.0 Å². The molecule has 2 atom stereocenters. The van der Waals surface area contributed by atoms with Crippen LogP contribution >= 0.6 is 11.6 Å². The van der Waals surface area contributed by atoms with Crippen molar-refractivity contribution in [3.63, 3.8) is 0 Å². The number of hydrogen-bond acceptors (Lipinski definition) is 5. The van der Waals surface area contributed by atoms with E-state index in [0.717, 1.165) is 5.69 Å². The molecule has 0 aromatic heterocycles. The van der Waals surface area contributed by atoms with Gasteiger partial charge in [-0.3, -0.25) is 14.9 Å². The summed E-state index contributed by atoms with van der Waals surface area (Å²) in [4.78, 5) is 39.6. The Kier molecular flexibility index (Phi) is 5.88. The molecule has 2 aliphatic rings. The number of piperazine rings is 1. The van der Waals surface area contributed by atoms with Crippen LogP contribution in [-0.2, 0) is 9.59 Å². The summed E-state index contributed by atoms with van der Waals surface area (Å²) in [6.45, 7) is 5.08. The van der Waals surface area contributed by atoms with E-state index in [2.05, 4.69) is 10.6 Å². The topological polar surface area (TPSA) is 91.0 Å². The van der Waals surface area contributed by atoms with Crippen LogP contribution in [0.3, 0.4) is 0 Å². The van der Waals surface area contributed by atoms with E-state index in [9.17, 15) is 18.8 Å². The highest BCUT2D eigenvalue weighted by atomic mass is 35.5. The number of imide groups is 1. The van der Waals surface area contributed by atoms with Crippen molar-refractivity contribution in [3.8, 4) is 5.75 Å². The first kappa shape index (κ1) is 21.2. The van der Waals surface area contributed by atoms with Crippen LogP contribution in [-0.4, -0.2) is 61.1 Å². The number of urea groups is 1. The maximum Gasteiger partial charge on any atom is 0.322 e. The van der Waals surface area contributed by atoms with E-state index in [1.165, 1.54) is 7.11 Å². The number of amides is 4. The summed E-state index contributed by atoms with van der Waals surface area (Å²) < 4.78 is 19.0. The van der Waals surface area contributed by atoms with Gasteiger partial charge in [0.05, 0.1) is 12.1 Å². The van der Waals surface area contributed by atoms with Gasteiger partial charge in [0.1, 0.15) is 5.54 Å². The van der Waals surface area contributed by atoms with Gasteiger partial charge >= 0.3 is 6.03 Å². The zero-order valence-corrected chi connectivity index (χ0v) is 17.3. The number of nitrogens with one attached hydrogen (secondary N) is 2. The predicted octanol–water partition coefficient (Wildman–Crippen LogP) is 1.90. The van der Waals surface area contributed by atoms with E-state index in [0.29, 0.717) is 19.6 Å². The Morgan fingerprint density at radius 1 is 1.38 bits per heavy atom. The summed E-state index contributed by atoms with van der Waals surface area (Å²) in [5.41, 5.74) is -0.340. The molecule has 158 valence electrons. The largest absolute Gasteiger partial charge is 0.494 e. The van der Waals surface area contributed by atoms with E-state index in [4.69, 9.17) is 16.3 Å². The lowest BCUT2D eigenvalue weighted by atomic mass is 9.95. The first-order valence-electron chi connectivity index (χ1n) is 9.35. The average Bonchev–Trinajstić information content (AvgIpc) is 2.93. The predicted molar refractivity (Wildman–Crippen MR) is 106 cm³/mol. The van der Waals surface area contributed by atoms with E-state index >= 15 is 0 Å². The number of nitrogens with zero attached hydrogens (tertiary/aromatic N) is 2. The molecule has 29 heavy (non-hydrogen) atoms. The number of hydrogen-bond donors (Lipinski definition) is 2. The summed E-state index contributed by atoms with van der Waals surface area (Å²) >= 11 is 5.97. The Labute approximate surface area is 173 Å². The minimum atomic E-state index is -1.07. The number of anilines is 1. The normalized spacial score (nSPS) is 24.4. The van der Waals surface area contributed by atoms with Gasteiger partial charge < -0.3 is 19.9 Å². The maximum absolute atomic E-state index is 13.9. The number of carbonyl (C=O) groups excluding carboxylic acids is 3. The fourth-order valence-electron chi connectivity index (χ4n) is 3.70. The van der Waals surface area contributed by atoms with Gasteiger partial charge in [-0.15, -0.1) is 0 Å². The van der Waals surface area contributed by atoms with Gasteiger partial charge in [0.2, 0.25) is 5.91 Å². The van der Waals surface area contributed by atoms with E-state index in [1.807, 2.05) is 11.8 Å². The van der Waals surface area contributed by atoms with Crippen LogP contribution in [0.2, 0.25) is 5.02 Å². The molecule has 0 radical (unpaired) electrons. The molecule has 1 unspecified atom stereocenters. The number of methoxy groups -OCH3 is 1. The van der Waals surface area contributed by atoms with Gasteiger partial charge in [-0.1, -0.05) is 11.6 Å². The van der Waals surface area contributed by atoms with Crippen molar-refractivity contribution in [3.05, 3.63) is 23.0 Å². The number of rotatable bonds is 5. The van der Waals surface area contributed by atoms with Crippen molar-refractivity contribution in [2.24, 2.45) is 0 Å². The van der Waals surface area contributed by atoms with Crippen LogP contribution in [0.15, 0.2) is 12.1 Å². The zero-order valence-electron chi connectivity index (χ0n) is 16.6. The van der Waals surface area contributed by atoms with Gasteiger partial charge in [0.25, 0.3) is 5.91 Å². The Balaban J connectivity index is 1.61. The third-order valence-electron chi connectivity index (χ3n) is 5.47. The lowest BCUT2D eigenvalue weighted by Gasteiger charge is -2.41. The molecule has 10 heteroatoms. The minimum absolute atomic E-state index is 0.0183. The second kappa shape index (κ2) is 8.06. The molecular weight excluding hydrogens is 403 g/mol. The average molecular weight is 427 g/mol. The van der Waals surface area contributed by atoms with E-state index in [-0.39, 0.29) is 35.6 Å². The van der Waals surface area contributed by atoms with Crippen molar-refractivity contribution < 1.29 is 23.5 Å². The molecule has 0 spiro atoms. The molecule has 8 nitrogen and oxygen atoms in total. The molecule has 1 aromatic carbocycles. The van der Waals surface area contributed by atoms with Crippen LogP contribution in [0.4, 0.5) is 14.9 Å². The van der Waals surface area contributed by atoms with Gasteiger partial charge in [-0.25, -0.2) is 9.18 Å². The molecule has 3 rings (SSSR count). The molecule has 2 heterocycles. The second-order valence-electron chi connectivity index (χ2n) is 7.57. The van der Waals surface area contributed by atoms with Crippen molar-refractivity contribution in [1.29, 1.82) is 0 Å². The Morgan fingerprint density at radius 3 is 2.69 bits per heavy atom. The maximum atomic E-state index is 13.9. The highest BCUT2D eigenvalue weighted by molar-refractivity contribution is 6.31. The molecular formula is C19H24ClFN4O4.